The fraction of sp³-hybridized carbons (Fsp3) is 0.556. The lowest BCUT2D eigenvalue weighted by molar-refractivity contribution is 0.0604. The minimum atomic E-state index is -0.544. The molecule has 1 aliphatic carbocycles. The van der Waals surface area contributed by atoms with Crippen LogP contribution in [0.4, 0.5) is 4.79 Å². The molecule has 0 aliphatic heterocycles. The summed E-state index contributed by atoms with van der Waals surface area (Å²) in [4.78, 5) is 27.2. The van der Waals surface area contributed by atoms with Crippen LogP contribution in [0.5, 0.6) is 0 Å². The van der Waals surface area contributed by atoms with Gasteiger partial charge in [0.1, 0.15) is 17.1 Å². The molecule has 134 valence electrons. The average molecular weight is 344 g/mol. The van der Waals surface area contributed by atoms with E-state index in [1.165, 1.54) is 6.07 Å². The molecule has 1 aliphatic rings. The zero-order valence-corrected chi connectivity index (χ0v) is 14.9. The zero-order chi connectivity index (χ0) is 18.0. The third-order valence-electron chi connectivity index (χ3n) is 4.32. The highest BCUT2D eigenvalue weighted by Gasteiger charge is 2.26. The third-order valence-corrected chi connectivity index (χ3v) is 4.32. The van der Waals surface area contributed by atoms with Crippen LogP contribution in [0, 0.1) is 5.92 Å². The van der Waals surface area contributed by atoms with Crippen molar-refractivity contribution < 1.29 is 9.53 Å². The number of nitrogens with one attached hydrogen (secondary N) is 1. The number of aliphatic imine (C=N–C) groups is 1. The fourth-order valence-corrected chi connectivity index (χ4v) is 3.28. The number of aromatic amines is 1. The Hall–Kier alpha value is -2.44. The van der Waals surface area contributed by atoms with Crippen LogP contribution < -0.4 is 5.43 Å². The van der Waals surface area contributed by atoms with Crippen molar-refractivity contribution in [3.8, 4) is 0 Å². The van der Waals surface area contributed by atoms with Crippen LogP contribution >= 0.6 is 0 Å². The average Bonchev–Trinajstić information content (AvgIpc) is 2.94. The Morgan fingerprint density at radius 2 is 2.24 bits per heavy atom. The second kappa shape index (κ2) is 6.82. The summed E-state index contributed by atoms with van der Waals surface area (Å²) >= 11 is 0. The molecule has 0 saturated heterocycles. The molecule has 0 aromatic carbocycles. The van der Waals surface area contributed by atoms with Gasteiger partial charge in [0, 0.05) is 30.5 Å². The minimum Gasteiger partial charge on any atom is -0.442 e. The van der Waals surface area contributed by atoms with E-state index in [9.17, 15) is 9.59 Å². The number of rotatable bonds is 2. The molecule has 2 aromatic heterocycles. The summed E-state index contributed by atoms with van der Waals surface area (Å²) in [5, 5.41) is 7.32. The van der Waals surface area contributed by atoms with Crippen molar-refractivity contribution >= 4 is 18.0 Å². The van der Waals surface area contributed by atoms with Gasteiger partial charge in [0.2, 0.25) is 0 Å². The first-order valence-electron chi connectivity index (χ1n) is 8.66. The molecule has 1 N–H and O–H groups in total. The molecule has 1 unspecified atom stereocenters. The van der Waals surface area contributed by atoms with E-state index in [2.05, 4.69) is 15.2 Å². The molecule has 25 heavy (non-hydrogen) atoms. The van der Waals surface area contributed by atoms with Gasteiger partial charge in [-0.15, -0.1) is 0 Å². The van der Waals surface area contributed by atoms with Gasteiger partial charge in [-0.25, -0.2) is 4.79 Å². The topological polar surface area (TPSA) is 88.8 Å². The molecule has 3 rings (SSSR count). The van der Waals surface area contributed by atoms with Crippen molar-refractivity contribution in [2.45, 2.75) is 58.0 Å². The molecular weight excluding hydrogens is 320 g/mol. The second-order valence-corrected chi connectivity index (χ2v) is 7.58. The maximum absolute atomic E-state index is 11.7. The monoisotopic (exact) mass is 344 g/mol. The molecule has 1 amide bonds. The number of amides is 1. The number of nitrogens with zero attached hydrogens (tertiary/aromatic N) is 3. The Labute approximate surface area is 146 Å². The van der Waals surface area contributed by atoms with Crippen molar-refractivity contribution in [2.24, 2.45) is 10.9 Å². The molecule has 2 heterocycles. The number of pyridine rings is 1. The first kappa shape index (κ1) is 17.4. The summed E-state index contributed by atoms with van der Waals surface area (Å²) in [7, 11) is 0. The van der Waals surface area contributed by atoms with E-state index >= 15 is 0 Å². The van der Waals surface area contributed by atoms with Crippen LogP contribution in [-0.2, 0) is 4.74 Å². The van der Waals surface area contributed by atoms with Crippen molar-refractivity contribution in [1.29, 1.82) is 0 Å². The van der Waals surface area contributed by atoms with E-state index in [1.807, 2.05) is 25.2 Å². The third kappa shape index (κ3) is 4.35. The van der Waals surface area contributed by atoms with Gasteiger partial charge < -0.3 is 4.74 Å². The highest BCUT2D eigenvalue weighted by atomic mass is 16.6. The lowest BCUT2D eigenvalue weighted by atomic mass is 9.81. The minimum absolute atomic E-state index is 0.0405. The molecule has 0 spiro atoms. The quantitative estimate of drug-likeness (QED) is 0.847. The standard InChI is InChI=1S/C18H24N4O3/c1-18(2,3)25-17(24)19-11-12-5-4-6-13(9-12)16-21-20-15-10-14(23)7-8-22(15)16/h7-8,10-13,20H,4-6,9H2,1-3H3/t12?,13-/m0/s1. The largest absolute Gasteiger partial charge is 0.442 e. The van der Waals surface area contributed by atoms with Gasteiger partial charge in [0.25, 0.3) is 0 Å². The van der Waals surface area contributed by atoms with Crippen molar-refractivity contribution in [1.82, 2.24) is 14.6 Å². The van der Waals surface area contributed by atoms with E-state index in [1.54, 1.807) is 18.5 Å². The molecule has 7 nitrogen and oxygen atoms in total. The number of hydrogen-bond acceptors (Lipinski definition) is 4. The van der Waals surface area contributed by atoms with E-state index in [4.69, 9.17) is 4.74 Å². The molecule has 1 fully saturated rings. The lowest BCUT2D eigenvalue weighted by Gasteiger charge is -2.25. The first-order chi connectivity index (χ1) is 11.8. The van der Waals surface area contributed by atoms with Gasteiger partial charge in [-0.05, 0) is 46.0 Å². The highest BCUT2D eigenvalue weighted by molar-refractivity contribution is 5.80. The predicted octanol–water partition coefficient (Wildman–Crippen LogP) is 3.30. The van der Waals surface area contributed by atoms with Gasteiger partial charge in [-0.2, -0.15) is 10.1 Å². The molecule has 0 bridgehead atoms. The van der Waals surface area contributed by atoms with Crippen LogP contribution in [0.1, 0.15) is 58.2 Å². The predicted molar refractivity (Wildman–Crippen MR) is 95.2 cm³/mol. The number of aromatic nitrogens is 3. The first-order valence-corrected chi connectivity index (χ1v) is 8.66. The Balaban J connectivity index is 1.70. The summed E-state index contributed by atoms with van der Waals surface area (Å²) < 4.78 is 7.14. The van der Waals surface area contributed by atoms with Crippen molar-refractivity contribution in [3.63, 3.8) is 0 Å². The summed E-state index contributed by atoms with van der Waals surface area (Å²) in [5.41, 5.74) is 0.127. The SMILES string of the molecule is CC(C)(C)OC(=O)N=CC1CCC[C@H](c2n[nH]c3cc(=O)ccn23)C1. The van der Waals surface area contributed by atoms with E-state index in [0.29, 0.717) is 5.65 Å². The Morgan fingerprint density at radius 3 is 3.00 bits per heavy atom. The van der Waals surface area contributed by atoms with Gasteiger partial charge in [-0.1, -0.05) is 6.42 Å². The Bertz CT molecular complexity index is 844. The number of carbonyl (C=O) groups is 1. The number of fused-ring (bicyclic) bond motifs is 1. The lowest BCUT2D eigenvalue weighted by Crippen LogP contribution is -2.23. The van der Waals surface area contributed by atoms with Gasteiger partial charge in [0.05, 0.1) is 0 Å². The molecule has 2 aromatic rings. The number of hydrogen-bond donors (Lipinski definition) is 1. The van der Waals surface area contributed by atoms with Gasteiger partial charge in [0.15, 0.2) is 5.43 Å². The van der Waals surface area contributed by atoms with Crippen LogP contribution in [0.25, 0.3) is 5.65 Å². The van der Waals surface area contributed by atoms with Crippen LogP contribution in [0.2, 0.25) is 0 Å². The summed E-state index contributed by atoms with van der Waals surface area (Å²) in [6.45, 7) is 5.47. The van der Waals surface area contributed by atoms with Crippen molar-refractivity contribution in [3.05, 3.63) is 34.4 Å². The summed E-state index contributed by atoms with van der Waals surface area (Å²) in [5.74, 6) is 1.41. The van der Waals surface area contributed by atoms with E-state index in [-0.39, 0.29) is 17.3 Å². The Kier molecular flexibility index (Phi) is 4.74. The van der Waals surface area contributed by atoms with E-state index < -0.39 is 11.7 Å². The van der Waals surface area contributed by atoms with Crippen LogP contribution in [0.15, 0.2) is 28.1 Å². The summed E-state index contributed by atoms with van der Waals surface area (Å²) in [6.07, 6.45) is 6.88. The normalized spacial score (nSPS) is 21.7. The van der Waals surface area contributed by atoms with Crippen LogP contribution in [-0.4, -0.2) is 32.5 Å². The van der Waals surface area contributed by atoms with Crippen LogP contribution in [0.3, 0.4) is 0 Å². The molecular formula is C18H24N4O3. The van der Waals surface area contributed by atoms with E-state index in [0.717, 1.165) is 31.5 Å². The molecule has 2 atom stereocenters. The molecule has 7 heteroatoms. The summed E-state index contributed by atoms with van der Waals surface area (Å²) in [6, 6.07) is 3.08. The molecule has 1 saturated carbocycles. The number of ether oxygens (including phenoxy) is 1. The zero-order valence-electron chi connectivity index (χ0n) is 14.9. The Morgan fingerprint density at radius 1 is 1.44 bits per heavy atom. The number of carbonyl (C=O) groups excluding carboxylic acids is 1. The van der Waals surface area contributed by atoms with Gasteiger partial charge in [-0.3, -0.25) is 14.3 Å². The van der Waals surface area contributed by atoms with Gasteiger partial charge >= 0.3 is 6.09 Å². The maximum Gasteiger partial charge on any atom is 0.433 e. The molecule has 0 radical (unpaired) electrons. The van der Waals surface area contributed by atoms with Crippen molar-refractivity contribution in [2.75, 3.05) is 0 Å². The fourth-order valence-electron chi connectivity index (χ4n) is 3.28. The highest BCUT2D eigenvalue weighted by Crippen LogP contribution is 2.34. The smallest absolute Gasteiger partial charge is 0.433 e. The second-order valence-electron chi connectivity index (χ2n) is 7.58. The maximum atomic E-state index is 11.7. The number of H-pyrrole nitrogens is 1.